The minimum Gasteiger partial charge on any atom is -0.355 e. The molecule has 1 fully saturated rings. The Morgan fingerprint density at radius 2 is 1.97 bits per heavy atom. The second kappa shape index (κ2) is 7.55. The van der Waals surface area contributed by atoms with E-state index in [2.05, 4.69) is 71.0 Å². The van der Waals surface area contributed by atoms with Crippen molar-refractivity contribution in [3.05, 3.63) is 48.9 Å². The van der Waals surface area contributed by atoms with Gasteiger partial charge in [0.05, 0.1) is 5.69 Å². The molecule has 7 heteroatoms. The molecular weight excluding hydrogens is 362 g/mol. The Kier molecular flexibility index (Phi) is 5.08. The summed E-state index contributed by atoms with van der Waals surface area (Å²) in [6.45, 7) is 8.08. The number of likely N-dealkylation sites (tertiary alicyclic amines) is 1. The summed E-state index contributed by atoms with van der Waals surface area (Å²) < 4.78 is 1.73. The topological polar surface area (TPSA) is 63.0 Å². The van der Waals surface area contributed by atoms with Crippen molar-refractivity contribution in [1.82, 2.24) is 29.9 Å². The Morgan fingerprint density at radius 1 is 1.14 bits per heavy atom. The van der Waals surface area contributed by atoms with E-state index in [0.29, 0.717) is 12.0 Å². The van der Waals surface area contributed by atoms with Gasteiger partial charge in [0.25, 0.3) is 0 Å². The summed E-state index contributed by atoms with van der Waals surface area (Å²) in [5, 5.41) is 13.2. The largest absolute Gasteiger partial charge is 0.355 e. The van der Waals surface area contributed by atoms with Gasteiger partial charge in [0.15, 0.2) is 11.6 Å². The van der Waals surface area contributed by atoms with Crippen LogP contribution in [0.25, 0.3) is 17.1 Å². The Balaban J connectivity index is 1.50. The van der Waals surface area contributed by atoms with E-state index in [1.54, 1.807) is 10.9 Å². The zero-order valence-corrected chi connectivity index (χ0v) is 17.8. The highest BCUT2D eigenvalue weighted by Gasteiger charge is 2.41. The first kappa shape index (κ1) is 19.5. The van der Waals surface area contributed by atoms with E-state index in [9.17, 15) is 0 Å². The van der Waals surface area contributed by atoms with E-state index in [-0.39, 0.29) is 5.54 Å². The molecule has 0 radical (unpaired) electrons. The summed E-state index contributed by atoms with van der Waals surface area (Å²) in [7, 11) is 4.35. The zero-order valence-electron chi connectivity index (χ0n) is 17.8. The second-order valence-corrected chi connectivity index (χ2v) is 8.46. The Morgan fingerprint density at radius 3 is 2.59 bits per heavy atom. The van der Waals surface area contributed by atoms with Crippen molar-refractivity contribution in [3.63, 3.8) is 0 Å². The van der Waals surface area contributed by atoms with Crippen LogP contribution in [0.5, 0.6) is 0 Å². The van der Waals surface area contributed by atoms with Gasteiger partial charge in [-0.15, -0.1) is 10.2 Å². The molecule has 0 spiro atoms. The average molecular weight is 392 g/mol. The molecule has 2 atom stereocenters. The molecule has 3 aromatic rings. The lowest BCUT2D eigenvalue weighted by Crippen LogP contribution is -2.59. The molecule has 29 heavy (non-hydrogen) atoms. The van der Waals surface area contributed by atoms with Gasteiger partial charge < -0.3 is 9.80 Å². The highest BCUT2D eigenvalue weighted by atomic mass is 15.3. The van der Waals surface area contributed by atoms with E-state index >= 15 is 0 Å². The third-order valence-electron chi connectivity index (χ3n) is 6.73. The normalized spacial score (nSPS) is 21.8. The molecule has 4 heterocycles. The van der Waals surface area contributed by atoms with Gasteiger partial charge in [0.1, 0.15) is 0 Å². The molecule has 1 saturated heterocycles. The maximum atomic E-state index is 4.52. The van der Waals surface area contributed by atoms with Crippen LogP contribution in [-0.4, -0.2) is 62.1 Å². The van der Waals surface area contributed by atoms with Crippen LogP contribution < -0.4 is 4.90 Å². The highest BCUT2D eigenvalue weighted by molar-refractivity contribution is 5.59. The van der Waals surface area contributed by atoms with Gasteiger partial charge in [0, 0.05) is 49.3 Å². The molecule has 0 N–H and O–H groups in total. The maximum absolute atomic E-state index is 4.52. The fourth-order valence-electron chi connectivity index (χ4n) is 4.13. The van der Waals surface area contributed by atoms with Crippen molar-refractivity contribution in [2.75, 3.05) is 25.5 Å². The lowest BCUT2D eigenvalue weighted by atomic mass is 9.77. The van der Waals surface area contributed by atoms with Gasteiger partial charge in [-0.2, -0.15) is 5.10 Å². The van der Waals surface area contributed by atoms with Crippen LogP contribution in [0.2, 0.25) is 0 Å². The summed E-state index contributed by atoms with van der Waals surface area (Å²) in [5.41, 5.74) is 1.92. The van der Waals surface area contributed by atoms with Crippen LogP contribution in [0.3, 0.4) is 0 Å². The van der Waals surface area contributed by atoms with Crippen LogP contribution in [0, 0.1) is 5.92 Å². The quantitative estimate of drug-likeness (QED) is 0.680. The first-order valence-corrected chi connectivity index (χ1v) is 10.1. The van der Waals surface area contributed by atoms with Crippen LogP contribution in [0.1, 0.15) is 27.2 Å². The smallest absolute Gasteiger partial charge is 0.153 e. The van der Waals surface area contributed by atoms with Crippen molar-refractivity contribution < 1.29 is 0 Å². The fourth-order valence-corrected chi connectivity index (χ4v) is 4.13. The molecule has 1 aliphatic rings. The van der Waals surface area contributed by atoms with E-state index in [1.165, 1.54) is 0 Å². The number of hydrogen-bond donors (Lipinski definition) is 0. The van der Waals surface area contributed by atoms with Crippen LogP contribution in [0.15, 0.2) is 48.9 Å². The van der Waals surface area contributed by atoms with Crippen LogP contribution in [-0.2, 0) is 0 Å². The van der Waals surface area contributed by atoms with Gasteiger partial charge in [-0.3, -0.25) is 0 Å². The predicted octanol–water partition coefficient (Wildman–Crippen LogP) is 3.28. The molecule has 1 aliphatic heterocycles. The lowest BCUT2D eigenvalue weighted by Gasteiger charge is -2.51. The second-order valence-electron chi connectivity index (χ2n) is 8.46. The zero-order chi connectivity index (χ0) is 20.6. The molecule has 4 rings (SSSR count). The minimum absolute atomic E-state index is 0.159. The molecule has 0 amide bonds. The maximum Gasteiger partial charge on any atom is 0.153 e. The van der Waals surface area contributed by atoms with Crippen LogP contribution in [0.4, 0.5) is 5.82 Å². The summed E-state index contributed by atoms with van der Waals surface area (Å²) in [5.74, 6) is 2.21. The number of nitrogens with zero attached hydrogens (tertiary/aromatic N) is 7. The number of hydrogen-bond acceptors (Lipinski definition) is 6. The molecule has 0 aliphatic carbocycles. The number of pyridine rings is 1. The first-order valence-electron chi connectivity index (χ1n) is 10.1. The Hall–Kier alpha value is -2.80. The van der Waals surface area contributed by atoms with Gasteiger partial charge in [-0.05, 0) is 63.6 Å². The number of aromatic nitrogens is 5. The van der Waals surface area contributed by atoms with E-state index in [1.807, 2.05) is 36.7 Å². The molecule has 0 bridgehead atoms. The minimum atomic E-state index is 0.159. The van der Waals surface area contributed by atoms with Crippen molar-refractivity contribution in [2.45, 2.75) is 38.8 Å². The van der Waals surface area contributed by atoms with E-state index < -0.39 is 0 Å². The highest BCUT2D eigenvalue weighted by Crippen LogP contribution is 2.35. The van der Waals surface area contributed by atoms with Crippen molar-refractivity contribution >= 4 is 5.82 Å². The standard InChI is InChI=1S/C22H29N7/c1-16-19(11-14-27(4)22(16,2)3)28(5)21-10-8-18(25-26-21)17-7-9-20(23-15-17)29-13-6-12-24-29/h6-10,12-13,15-16,19H,11,14H2,1-5H3. The number of piperidine rings is 1. The van der Waals surface area contributed by atoms with Crippen molar-refractivity contribution in [2.24, 2.45) is 5.92 Å². The lowest BCUT2D eigenvalue weighted by molar-refractivity contribution is 0.0391. The first-order chi connectivity index (χ1) is 13.9. The average Bonchev–Trinajstić information content (AvgIpc) is 3.27. The molecule has 2 unspecified atom stereocenters. The SMILES string of the molecule is CC1C(N(C)c2ccc(-c3ccc(-n4cccn4)nc3)nn2)CCN(C)C1(C)C. The number of anilines is 1. The third kappa shape index (κ3) is 3.62. The molecule has 3 aromatic heterocycles. The summed E-state index contributed by atoms with van der Waals surface area (Å²) >= 11 is 0. The van der Waals surface area contributed by atoms with Crippen LogP contribution >= 0.6 is 0 Å². The predicted molar refractivity (Wildman–Crippen MR) is 115 cm³/mol. The van der Waals surface area contributed by atoms with E-state index in [0.717, 1.165) is 35.9 Å². The van der Waals surface area contributed by atoms with Gasteiger partial charge in [0.2, 0.25) is 0 Å². The molecular formula is C22H29N7. The third-order valence-corrected chi connectivity index (χ3v) is 6.73. The Labute approximate surface area is 172 Å². The van der Waals surface area contributed by atoms with E-state index in [4.69, 9.17) is 0 Å². The molecule has 152 valence electrons. The van der Waals surface area contributed by atoms with Gasteiger partial charge >= 0.3 is 0 Å². The fraction of sp³-hybridized carbons (Fsp3) is 0.455. The molecule has 7 nitrogen and oxygen atoms in total. The number of rotatable bonds is 4. The molecule has 0 saturated carbocycles. The Bertz CT molecular complexity index is 932. The van der Waals surface area contributed by atoms with Gasteiger partial charge in [-0.25, -0.2) is 9.67 Å². The summed E-state index contributed by atoms with van der Waals surface area (Å²) in [6.07, 6.45) is 6.55. The monoisotopic (exact) mass is 391 g/mol. The summed E-state index contributed by atoms with van der Waals surface area (Å²) in [6, 6.07) is 10.3. The van der Waals surface area contributed by atoms with Gasteiger partial charge in [-0.1, -0.05) is 6.92 Å². The van der Waals surface area contributed by atoms with Crippen molar-refractivity contribution in [3.8, 4) is 17.1 Å². The summed E-state index contributed by atoms with van der Waals surface area (Å²) in [4.78, 5) is 9.22. The van der Waals surface area contributed by atoms with Crippen molar-refractivity contribution in [1.29, 1.82) is 0 Å². The molecule has 0 aromatic carbocycles.